The van der Waals surface area contributed by atoms with Crippen molar-refractivity contribution >= 4 is 5.91 Å². The Labute approximate surface area is 116 Å². The maximum atomic E-state index is 12.7. The largest absolute Gasteiger partial charge is 0.380 e. The molecule has 0 saturated carbocycles. The predicted molar refractivity (Wildman–Crippen MR) is 74.5 cm³/mol. The molecular formula is C15H26N2O2. The van der Waals surface area contributed by atoms with Crippen LogP contribution in [0.15, 0.2) is 0 Å². The molecule has 0 bridgehead atoms. The number of hydrogen-bond donors (Lipinski definition) is 0. The van der Waals surface area contributed by atoms with Crippen LogP contribution < -0.4 is 0 Å². The van der Waals surface area contributed by atoms with E-state index in [-0.39, 0.29) is 12.0 Å². The maximum Gasteiger partial charge on any atom is 0.243 e. The first-order chi connectivity index (χ1) is 9.13. The first-order valence-electron chi connectivity index (χ1n) is 7.37. The molecule has 0 radical (unpaired) electrons. The third-order valence-electron chi connectivity index (χ3n) is 3.98. The summed E-state index contributed by atoms with van der Waals surface area (Å²) in [5.74, 6) is 0.0143. The van der Waals surface area contributed by atoms with Crippen LogP contribution in [-0.4, -0.2) is 37.1 Å². The molecule has 108 valence electrons. The summed E-state index contributed by atoms with van der Waals surface area (Å²) >= 11 is 0. The lowest BCUT2D eigenvalue weighted by Gasteiger charge is -2.37. The van der Waals surface area contributed by atoms with E-state index < -0.39 is 5.41 Å². The first-order valence-corrected chi connectivity index (χ1v) is 7.37. The zero-order valence-corrected chi connectivity index (χ0v) is 12.4. The highest BCUT2D eigenvalue weighted by Crippen LogP contribution is 2.32. The van der Waals surface area contributed by atoms with Gasteiger partial charge in [-0.25, -0.2) is 0 Å². The Bertz CT molecular complexity index is 330. The average molecular weight is 266 g/mol. The van der Waals surface area contributed by atoms with E-state index in [0.29, 0.717) is 19.4 Å². The van der Waals surface area contributed by atoms with Crippen LogP contribution in [0.4, 0.5) is 0 Å². The van der Waals surface area contributed by atoms with E-state index in [2.05, 4.69) is 6.07 Å². The van der Waals surface area contributed by atoms with E-state index in [4.69, 9.17) is 4.74 Å². The van der Waals surface area contributed by atoms with E-state index in [0.717, 1.165) is 32.2 Å². The number of carbonyl (C=O) groups is 1. The Hall–Kier alpha value is -1.08. The lowest BCUT2D eigenvalue weighted by Crippen LogP contribution is -2.49. The summed E-state index contributed by atoms with van der Waals surface area (Å²) in [6.45, 7) is 5.45. The predicted octanol–water partition coefficient (Wildman–Crippen LogP) is 2.73. The van der Waals surface area contributed by atoms with Crippen molar-refractivity contribution in [1.29, 1.82) is 5.26 Å². The summed E-state index contributed by atoms with van der Waals surface area (Å²) in [6, 6.07) is 2.32. The van der Waals surface area contributed by atoms with Crippen molar-refractivity contribution in [2.45, 2.75) is 58.5 Å². The Morgan fingerprint density at radius 1 is 1.42 bits per heavy atom. The van der Waals surface area contributed by atoms with Gasteiger partial charge in [-0.2, -0.15) is 5.26 Å². The molecule has 0 spiro atoms. The number of hydrogen-bond acceptors (Lipinski definition) is 3. The molecule has 0 aliphatic carbocycles. The minimum absolute atomic E-state index is 0.0143. The number of methoxy groups -OCH3 is 1. The number of nitrogens with zero attached hydrogens (tertiary/aromatic N) is 2. The van der Waals surface area contributed by atoms with E-state index in [1.165, 1.54) is 0 Å². The number of rotatable bonds is 6. The number of amides is 1. The highest BCUT2D eigenvalue weighted by molar-refractivity contribution is 5.85. The number of carbonyl (C=O) groups excluding carboxylic acids is 1. The van der Waals surface area contributed by atoms with Gasteiger partial charge in [0.2, 0.25) is 5.91 Å². The standard InChI is InChI=1S/C15H26N2O2/c1-4-8-15(12-16,9-5-2)14(18)17-10-6-7-13(11-17)19-3/h13H,4-11H2,1-3H3. The summed E-state index contributed by atoms with van der Waals surface area (Å²) in [5.41, 5.74) is -0.820. The maximum absolute atomic E-state index is 12.7. The smallest absolute Gasteiger partial charge is 0.243 e. The van der Waals surface area contributed by atoms with Crippen LogP contribution in [0.2, 0.25) is 0 Å². The molecule has 4 nitrogen and oxygen atoms in total. The van der Waals surface area contributed by atoms with Crippen LogP contribution in [-0.2, 0) is 9.53 Å². The Kier molecular flexibility index (Phi) is 6.30. The topological polar surface area (TPSA) is 53.3 Å². The van der Waals surface area contributed by atoms with Gasteiger partial charge in [-0.15, -0.1) is 0 Å². The van der Waals surface area contributed by atoms with Crippen molar-refractivity contribution in [2.75, 3.05) is 20.2 Å². The van der Waals surface area contributed by atoms with E-state index in [1.54, 1.807) is 7.11 Å². The molecule has 1 fully saturated rings. The van der Waals surface area contributed by atoms with E-state index in [9.17, 15) is 10.1 Å². The van der Waals surface area contributed by atoms with Gasteiger partial charge in [0.05, 0.1) is 12.2 Å². The van der Waals surface area contributed by atoms with Crippen molar-refractivity contribution < 1.29 is 9.53 Å². The van der Waals surface area contributed by atoms with Gasteiger partial charge in [-0.3, -0.25) is 4.79 Å². The molecule has 0 aromatic heterocycles. The molecule has 19 heavy (non-hydrogen) atoms. The second kappa shape index (κ2) is 7.49. The van der Waals surface area contributed by atoms with Crippen molar-refractivity contribution in [3.8, 4) is 6.07 Å². The van der Waals surface area contributed by atoms with Gasteiger partial charge in [0.15, 0.2) is 0 Å². The summed E-state index contributed by atoms with van der Waals surface area (Å²) in [7, 11) is 1.69. The summed E-state index contributed by atoms with van der Waals surface area (Å²) in [4.78, 5) is 14.6. The zero-order chi connectivity index (χ0) is 14.3. The molecule has 4 heteroatoms. The number of nitriles is 1. The SMILES string of the molecule is CCCC(C#N)(CCC)C(=O)N1CCCC(OC)C1. The Balaban J connectivity index is 2.83. The van der Waals surface area contributed by atoms with Crippen LogP contribution in [0.1, 0.15) is 52.4 Å². The van der Waals surface area contributed by atoms with Gasteiger partial charge >= 0.3 is 0 Å². The van der Waals surface area contributed by atoms with E-state index in [1.807, 2.05) is 18.7 Å². The average Bonchev–Trinajstić information content (AvgIpc) is 2.46. The highest BCUT2D eigenvalue weighted by atomic mass is 16.5. The summed E-state index contributed by atoms with van der Waals surface area (Å²) in [5, 5.41) is 9.53. The van der Waals surface area contributed by atoms with Gasteiger partial charge in [-0.05, 0) is 25.7 Å². The zero-order valence-electron chi connectivity index (χ0n) is 12.4. The lowest BCUT2D eigenvalue weighted by atomic mass is 9.79. The van der Waals surface area contributed by atoms with Crippen LogP contribution in [0.25, 0.3) is 0 Å². The first kappa shape index (κ1) is 16.0. The fourth-order valence-electron chi connectivity index (χ4n) is 2.97. The van der Waals surface area contributed by atoms with Gasteiger partial charge < -0.3 is 9.64 Å². The summed E-state index contributed by atoms with van der Waals surface area (Å²) in [6.07, 6.45) is 5.12. The van der Waals surface area contributed by atoms with Gasteiger partial charge in [0.1, 0.15) is 5.41 Å². The molecule has 1 aliphatic rings. The third-order valence-corrected chi connectivity index (χ3v) is 3.98. The molecule has 1 rings (SSSR count). The molecule has 1 aliphatic heterocycles. The molecular weight excluding hydrogens is 240 g/mol. The van der Waals surface area contributed by atoms with Crippen molar-refractivity contribution in [3.05, 3.63) is 0 Å². The van der Waals surface area contributed by atoms with Gasteiger partial charge in [-0.1, -0.05) is 26.7 Å². The Morgan fingerprint density at radius 3 is 2.53 bits per heavy atom. The number of piperidine rings is 1. The van der Waals surface area contributed by atoms with Crippen molar-refractivity contribution in [3.63, 3.8) is 0 Å². The molecule has 1 heterocycles. The monoisotopic (exact) mass is 266 g/mol. The number of ether oxygens (including phenoxy) is 1. The van der Waals surface area contributed by atoms with E-state index >= 15 is 0 Å². The number of likely N-dealkylation sites (tertiary alicyclic amines) is 1. The van der Waals surface area contributed by atoms with Crippen LogP contribution in [0.5, 0.6) is 0 Å². The minimum Gasteiger partial charge on any atom is -0.380 e. The van der Waals surface area contributed by atoms with Crippen LogP contribution in [0.3, 0.4) is 0 Å². The third kappa shape index (κ3) is 3.70. The molecule has 0 aromatic carbocycles. The van der Waals surface area contributed by atoms with Crippen LogP contribution >= 0.6 is 0 Å². The molecule has 1 amide bonds. The van der Waals surface area contributed by atoms with Crippen molar-refractivity contribution in [1.82, 2.24) is 4.90 Å². The molecule has 1 saturated heterocycles. The summed E-state index contributed by atoms with van der Waals surface area (Å²) < 4.78 is 5.36. The highest BCUT2D eigenvalue weighted by Gasteiger charge is 2.41. The molecule has 0 N–H and O–H groups in total. The molecule has 1 atom stereocenters. The fourth-order valence-corrected chi connectivity index (χ4v) is 2.97. The lowest BCUT2D eigenvalue weighted by molar-refractivity contribution is -0.143. The second-order valence-electron chi connectivity index (χ2n) is 5.45. The van der Waals surface area contributed by atoms with Crippen LogP contribution in [0, 0.1) is 16.7 Å². The van der Waals surface area contributed by atoms with Gasteiger partial charge in [0.25, 0.3) is 0 Å². The second-order valence-corrected chi connectivity index (χ2v) is 5.45. The van der Waals surface area contributed by atoms with Crippen molar-refractivity contribution in [2.24, 2.45) is 5.41 Å². The minimum atomic E-state index is -0.820. The van der Waals surface area contributed by atoms with Gasteiger partial charge in [0, 0.05) is 20.2 Å². The molecule has 1 unspecified atom stereocenters. The Morgan fingerprint density at radius 2 is 2.05 bits per heavy atom. The fraction of sp³-hybridized carbons (Fsp3) is 0.867. The normalized spacial score (nSPS) is 20.1. The molecule has 0 aromatic rings. The quantitative estimate of drug-likeness (QED) is 0.742.